The van der Waals surface area contributed by atoms with Crippen molar-refractivity contribution in [3.05, 3.63) is 73.0 Å². The van der Waals surface area contributed by atoms with Gasteiger partial charge in [0.05, 0.1) is 12.0 Å². The number of aromatic nitrogens is 4. The molecule has 3 aromatic heterocycles. The van der Waals surface area contributed by atoms with E-state index in [-0.39, 0.29) is 5.91 Å². The van der Waals surface area contributed by atoms with Crippen LogP contribution in [0.1, 0.15) is 5.76 Å². The highest BCUT2D eigenvalue weighted by atomic mass is 16.3. The minimum Gasteiger partial charge on any atom is -0.465 e. The molecule has 0 aliphatic carbocycles. The number of furan rings is 1. The van der Waals surface area contributed by atoms with Crippen LogP contribution in [0.5, 0.6) is 0 Å². The van der Waals surface area contributed by atoms with E-state index in [4.69, 9.17) is 4.42 Å². The van der Waals surface area contributed by atoms with Crippen molar-refractivity contribution in [1.82, 2.24) is 19.8 Å². The zero-order valence-electron chi connectivity index (χ0n) is 13.0. The van der Waals surface area contributed by atoms with E-state index in [2.05, 4.69) is 20.6 Å². The van der Waals surface area contributed by atoms with E-state index >= 15 is 0 Å². The maximum absolute atomic E-state index is 12.0. The Labute approximate surface area is 142 Å². The van der Waals surface area contributed by atoms with E-state index in [1.54, 1.807) is 35.3 Å². The summed E-state index contributed by atoms with van der Waals surface area (Å²) in [6, 6.07) is 14.7. The number of fused-ring (bicyclic) bond motifs is 1. The predicted octanol–water partition coefficient (Wildman–Crippen LogP) is 3.04. The fourth-order valence-electron chi connectivity index (χ4n) is 2.37. The van der Waals surface area contributed by atoms with Crippen LogP contribution >= 0.6 is 0 Å². The van der Waals surface area contributed by atoms with E-state index in [1.165, 1.54) is 6.08 Å². The van der Waals surface area contributed by atoms with Gasteiger partial charge in [-0.05, 0) is 42.5 Å². The van der Waals surface area contributed by atoms with Crippen LogP contribution in [0.3, 0.4) is 0 Å². The number of hydrogen-bond donors (Lipinski definition) is 1. The third-order valence-electron chi connectivity index (χ3n) is 3.53. The molecule has 4 aromatic rings. The number of anilines is 1. The Morgan fingerprint density at radius 3 is 3.00 bits per heavy atom. The average Bonchev–Trinajstić information content (AvgIpc) is 3.31. The molecule has 4 rings (SSSR count). The highest BCUT2D eigenvalue weighted by molar-refractivity contribution is 6.02. The first-order chi connectivity index (χ1) is 12.3. The van der Waals surface area contributed by atoms with Crippen LogP contribution in [-0.4, -0.2) is 25.7 Å². The van der Waals surface area contributed by atoms with Crippen LogP contribution in [0, 0.1) is 0 Å². The van der Waals surface area contributed by atoms with Crippen LogP contribution in [0.4, 0.5) is 5.69 Å². The summed E-state index contributed by atoms with van der Waals surface area (Å²) in [5.41, 5.74) is 2.99. The highest BCUT2D eigenvalue weighted by Gasteiger charge is 2.05. The van der Waals surface area contributed by atoms with Gasteiger partial charge in [-0.15, -0.1) is 10.2 Å². The molecule has 122 valence electrons. The van der Waals surface area contributed by atoms with Crippen molar-refractivity contribution >= 4 is 23.3 Å². The molecule has 0 saturated heterocycles. The molecular weight excluding hydrogens is 318 g/mol. The van der Waals surface area contributed by atoms with Gasteiger partial charge in [-0.25, -0.2) is 0 Å². The number of nitrogens with one attached hydrogen (secondary N) is 1. The van der Waals surface area contributed by atoms with E-state index in [0.29, 0.717) is 17.1 Å². The number of carbonyl (C=O) groups is 1. The largest absolute Gasteiger partial charge is 0.465 e. The summed E-state index contributed by atoms with van der Waals surface area (Å²) < 4.78 is 6.76. The lowest BCUT2D eigenvalue weighted by Gasteiger charge is -2.06. The minimum atomic E-state index is -0.240. The lowest BCUT2D eigenvalue weighted by molar-refractivity contribution is -0.111. The fourth-order valence-corrected chi connectivity index (χ4v) is 2.37. The molecule has 3 heterocycles. The number of amides is 1. The molecule has 0 aliphatic rings. The Kier molecular flexibility index (Phi) is 3.80. The lowest BCUT2D eigenvalue weighted by atomic mass is 10.1. The standard InChI is InChI=1S/C18H13N5O2/c24-18(9-6-15-5-2-10-25-15)20-14-4-1-3-13(11-14)16-7-8-17-21-19-12-23(17)22-16/h1-12H,(H,20,24)/b9-6+. The Balaban J connectivity index is 1.53. The SMILES string of the molecule is O=C(/C=C/c1ccco1)Nc1cccc(-c2ccc3nncn3n2)c1. The topological polar surface area (TPSA) is 85.3 Å². The Hall–Kier alpha value is -3.74. The monoisotopic (exact) mass is 331 g/mol. The first-order valence-electron chi connectivity index (χ1n) is 7.58. The number of benzene rings is 1. The molecule has 1 aromatic carbocycles. The van der Waals surface area contributed by atoms with Gasteiger partial charge in [-0.1, -0.05) is 12.1 Å². The zero-order chi connectivity index (χ0) is 17.1. The van der Waals surface area contributed by atoms with Gasteiger partial charge in [-0.2, -0.15) is 9.61 Å². The van der Waals surface area contributed by atoms with Gasteiger partial charge < -0.3 is 9.73 Å². The number of nitrogens with zero attached hydrogens (tertiary/aromatic N) is 4. The van der Waals surface area contributed by atoms with Gasteiger partial charge in [0.1, 0.15) is 12.1 Å². The van der Waals surface area contributed by atoms with Gasteiger partial charge in [0, 0.05) is 17.3 Å². The quantitative estimate of drug-likeness (QED) is 0.581. The van der Waals surface area contributed by atoms with Crippen molar-refractivity contribution in [2.45, 2.75) is 0 Å². The summed E-state index contributed by atoms with van der Waals surface area (Å²) in [5, 5.41) is 15.0. The molecule has 0 fully saturated rings. The van der Waals surface area contributed by atoms with Crippen LogP contribution in [0.25, 0.3) is 23.0 Å². The van der Waals surface area contributed by atoms with Gasteiger partial charge >= 0.3 is 0 Å². The number of hydrogen-bond acceptors (Lipinski definition) is 5. The molecule has 7 heteroatoms. The summed E-state index contributed by atoms with van der Waals surface area (Å²) in [7, 11) is 0. The van der Waals surface area contributed by atoms with Crippen LogP contribution in [0.2, 0.25) is 0 Å². The molecule has 1 amide bonds. The molecule has 0 radical (unpaired) electrons. The minimum absolute atomic E-state index is 0.240. The highest BCUT2D eigenvalue weighted by Crippen LogP contribution is 2.21. The Morgan fingerprint density at radius 2 is 2.12 bits per heavy atom. The molecule has 0 saturated carbocycles. The molecule has 25 heavy (non-hydrogen) atoms. The number of rotatable bonds is 4. The van der Waals surface area contributed by atoms with Crippen molar-refractivity contribution in [1.29, 1.82) is 0 Å². The normalized spacial score (nSPS) is 11.2. The second-order valence-corrected chi connectivity index (χ2v) is 5.27. The van der Waals surface area contributed by atoms with E-state index in [9.17, 15) is 4.79 Å². The van der Waals surface area contributed by atoms with Gasteiger partial charge in [-0.3, -0.25) is 4.79 Å². The summed E-state index contributed by atoms with van der Waals surface area (Å²) in [4.78, 5) is 12.0. The molecular formula is C18H13N5O2. The fraction of sp³-hybridized carbons (Fsp3) is 0. The molecule has 0 spiro atoms. The van der Waals surface area contributed by atoms with E-state index < -0.39 is 0 Å². The molecule has 0 aliphatic heterocycles. The maximum Gasteiger partial charge on any atom is 0.248 e. The van der Waals surface area contributed by atoms with Crippen LogP contribution < -0.4 is 5.32 Å². The van der Waals surface area contributed by atoms with Gasteiger partial charge in [0.15, 0.2) is 5.65 Å². The van der Waals surface area contributed by atoms with Crippen molar-refractivity contribution in [2.75, 3.05) is 5.32 Å². The predicted molar refractivity (Wildman–Crippen MR) is 92.6 cm³/mol. The molecule has 0 atom stereocenters. The van der Waals surface area contributed by atoms with Crippen LogP contribution in [0.15, 0.2) is 71.6 Å². The first kappa shape index (κ1) is 14.8. The third kappa shape index (κ3) is 3.30. The summed E-state index contributed by atoms with van der Waals surface area (Å²) in [6.07, 6.45) is 6.14. The molecule has 1 N–H and O–H groups in total. The Bertz CT molecular complexity index is 1050. The second-order valence-electron chi connectivity index (χ2n) is 5.27. The molecule has 0 bridgehead atoms. The van der Waals surface area contributed by atoms with Crippen molar-refractivity contribution in [3.8, 4) is 11.3 Å². The summed E-state index contributed by atoms with van der Waals surface area (Å²) >= 11 is 0. The average molecular weight is 331 g/mol. The smallest absolute Gasteiger partial charge is 0.248 e. The van der Waals surface area contributed by atoms with E-state index in [1.807, 2.05) is 36.4 Å². The number of carbonyl (C=O) groups excluding carboxylic acids is 1. The Morgan fingerprint density at radius 1 is 1.16 bits per heavy atom. The summed E-state index contributed by atoms with van der Waals surface area (Å²) in [6.45, 7) is 0. The van der Waals surface area contributed by atoms with Crippen molar-refractivity contribution < 1.29 is 9.21 Å². The van der Waals surface area contributed by atoms with E-state index in [0.717, 1.165) is 11.3 Å². The third-order valence-corrected chi connectivity index (χ3v) is 3.53. The second kappa shape index (κ2) is 6.40. The zero-order valence-corrected chi connectivity index (χ0v) is 13.0. The first-order valence-corrected chi connectivity index (χ1v) is 7.58. The lowest BCUT2D eigenvalue weighted by Crippen LogP contribution is -2.07. The van der Waals surface area contributed by atoms with Crippen LogP contribution in [-0.2, 0) is 4.79 Å². The van der Waals surface area contributed by atoms with Gasteiger partial charge in [0.2, 0.25) is 5.91 Å². The maximum atomic E-state index is 12.0. The van der Waals surface area contributed by atoms with Crippen molar-refractivity contribution in [3.63, 3.8) is 0 Å². The molecule has 0 unspecified atom stereocenters. The van der Waals surface area contributed by atoms with Gasteiger partial charge in [0.25, 0.3) is 0 Å². The van der Waals surface area contributed by atoms with Crippen molar-refractivity contribution in [2.24, 2.45) is 0 Å². The summed E-state index contributed by atoms with van der Waals surface area (Å²) in [5.74, 6) is 0.381. The molecule has 7 nitrogen and oxygen atoms in total.